The van der Waals surface area contributed by atoms with Crippen molar-refractivity contribution in [1.29, 1.82) is 0 Å². The molecule has 132 valence electrons. The highest BCUT2D eigenvalue weighted by molar-refractivity contribution is 7.13. The molecule has 0 saturated carbocycles. The Morgan fingerprint density at radius 1 is 1.25 bits per heavy atom. The van der Waals surface area contributed by atoms with Crippen molar-refractivity contribution in [2.75, 3.05) is 32.1 Å². The molecule has 0 saturated heterocycles. The Bertz CT molecular complexity index is 674. The monoisotopic (exact) mass is 366 g/mol. The number of hydrogen-bond donors (Lipinski definition) is 2. The lowest BCUT2D eigenvalue weighted by atomic mass is 10.3. The van der Waals surface area contributed by atoms with Crippen molar-refractivity contribution in [1.82, 2.24) is 20.6 Å². The molecule has 2 aromatic rings. The van der Waals surface area contributed by atoms with Crippen molar-refractivity contribution in [3.8, 4) is 0 Å². The number of aliphatic imine (C=N–C) groups is 1. The molecule has 0 bridgehead atoms. The topological polar surface area (TPSA) is 65.4 Å². The third kappa shape index (κ3) is 5.45. The van der Waals surface area contributed by atoms with Crippen LogP contribution in [-0.4, -0.2) is 43.1 Å². The molecule has 0 aliphatic carbocycles. The second-order valence-electron chi connectivity index (χ2n) is 5.63. The van der Waals surface area contributed by atoms with Crippen LogP contribution in [0.5, 0.6) is 0 Å². The van der Waals surface area contributed by atoms with Crippen LogP contribution in [0.25, 0.3) is 0 Å². The molecule has 2 N–H and O–H groups in total. The molecule has 24 heavy (non-hydrogen) atoms. The maximum Gasteiger partial charge on any atom is 0.191 e. The summed E-state index contributed by atoms with van der Waals surface area (Å²) >= 11 is 3.41. The second kappa shape index (κ2) is 8.98. The lowest BCUT2D eigenvalue weighted by Gasteiger charge is -2.10. The van der Waals surface area contributed by atoms with Gasteiger partial charge < -0.3 is 15.5 Å². The van der Waals surface area contributed by atoms with E-state index in [2.05, 4.69) is 51.7 Å². The highest BCUT2D eigenvalue weighted by Crippen LogP contribution is 2.18. The number of guanidine groups is 1. The van der Waals surface area contributed by atoms with E-state index < -0.39 is 0 Å². The zero-order valence-corrected chi connectivity index (χ0v) is 16.6. The van der Waals surface area contributed by atoms with Gasteiger partial charge in [0, 0.05) is 43.9 Å². The smallest absolute Gasteiger partial charge is 0.191 e. The predicted molar refractivity (Wildman–Crippen MR) is 105 cm³/mol. The summed E-state index contributed by atoms with van der Waals surface area (Å²) in [6.07, 6.45) is 0.962. The standard InChI is InChI=1S/C16H26N6S2/c1-6-17-15(18-8-7-14-11(2)20-12(3)24-14)19-9-13-10-23-16(21-13)22(4)5/h10H,6-9H2,1-5H3,(H2,17,18,19). The van der Waals surface area contributed by atoms with E-state index in [1.807, 2.05) is 19.0 Å². The average Bonchev–Trinajstić information content (AvgIpc) is 3.12. The van der Waals surface area contributed by atoms with Gasteiger partial charge in [0.1, 0.15) is 0 Å². The Balaban J connectivity index is 1.89. The Kier molecular flexibility index (Phi) is 6.99. The summed E-state index contributed by atoms with van der Waals surface area (Å²) in [4.78, 5) is 17.0. The first-order valence-corrected chi connectivity index (χ1v) is 9.76. The quantitative estimate of drug-likeness (QED) is 0.582. The normalized spacial score (nSPS) is 11.6. The lowest BCUT2D eigenvalue weighted by molar-refractivity contribution is 0.799. The molecule has 0 unspecified atom stereocenters. The number of hydrogen-bond acceptors (Lipinski definition) is 6. The average molecular weight is 367 g/mol. The van der Waals surface area contributed by atoms with E-state index in [0.717, 1.165) is 47.0 Å². The van der Waals surface area contributed by atoms with Crippen molar-refractivity contribution in [2.24, 2.45) is 4.99 Å². The van der Waals surface area contributed by atoms with Gasteiger partial charge in [-0.15, -0.1) is 22.7 Å². The number of rotatable bonds is 7. The van der Waals surface area contributed by atoms with E-state index in [-0.39, 0.29) is 0 Å². The minimum atomic E-state index is 0.582. The molecule has 2 aromatic heterocycles. The van der Waals surface area contributed by atoms with Crippen LogP contribution in [0.1, 0.15) is 28.2 Å². The summed E-state index contributed by atoms with van der Waals surface area (Å²) in [5.74, 6) is 0.829. The van der Waals surface area contributed by atoms with Crippen molar-refractivity contribution in [3.63, 3.8) is 0 Å². The van der Waals surface area contributed by atoms with E-state index in [0.29, 0.717) is 6.54 Å². The fourth-order valence-corrected chi connectivity index (χ4v) is 3.86. The van der Waals surface area contributed by atoms with E-state index in [1.165, 1.54) is 4.88 Å². The molecule has 0 fully saturated rings. The number of nitrogens with one attached hydrogen (secondary N) is 2. The number of aryl methyl sites for hydroxylation is 2. The maximum absolute atomic E-state index is 4.62. The molecule has 0 aromatic carbocycles. The van der Waals surface area contributed by atoms with Gasteiger partial charge in [0.15, 0.2) is 11.1 Å². The molecule has 0 aliphatic rings. The van der Waals surface area contributed by atoms with E-state index in [4.69, 9.17) is 0 Å². The van der Waals surface area contributed by atoms with E-state index in [9.17, 15) is 0 Å². The molecule has 6 nitrogen and oxygen atoms in total. The van der Waals surface area contributed by atoms with Crippen LogP contribution in [0.15, 0.2) is 10.4 Å². The predicted octanol–water partition coefficient (Wildman–Crippen LogP) is 2.58. The third-order valence-electron chi connectivity index (χ3n) is 3.31. The van der Waals surface area contributed by atoms with Gasteiger partial charge in [-0.25, -0.2) is 15.0 Å². The summed E-state index contributed by atoms with van der Waals surface area (Å²) in [5.41, 5.74) is 2.13. The Hall–Kier alpha value is -1.67. The fraction of sp³-hybridized carbons (Fsp3) is 0.562. The molecular formula is C16H26N6S2. The molecule has 2 rings (SSSR count). The molecule has 0 aliphatic heterocycles. The van der Waals surface area contributed by atoms with Crippen molar-refractivity contribution >= 4 is 33.8 Å². The van der Waals surface area contributed by atoms with Crippen molar-refractivity contribution in [2.45, 2.75) is 33.7 Å². The summed E-state index contributed by atoms with van der Waals surface area (Å²) in [6.45, 7) is 8.46. The summed E-state index contributed by atoms with van der Waals surface area (Å²) in [5, 5.41) is 10.9. The highest BCUT2D eigenvalue weighted by atomic mass is 32.1. The summed E-state index contributed by atoms with van der Waals surface area (Å²) < 4.78 is 0. The molecule has 0 atom stereocenters. The van der Waals surface area contributed by atoms with Gasteiger partial charge in [0.25, 0.3) is 0 Å². The third-order valence-corrected chi connectivity index (χ3v) is 5.50. The molecular weight excluding hydrogens is 340 g/mol. The lowest BCUT2D eigenvalue weighted by Crippen LogP contribution is -2.38. The molecule has 0 amide bonds. The van der Waals surface area contributed by atoms with Crippen LogP contribution >= 0.6 is 22.7 Å². The van der Waals surface area contributed by atoms with Crippen LogP contribution < -0.4 is 15.5 Å². The molecule has 8 heteroatoms. The van der Waals surface area contributed by atoms with E-state index >= 15 is 0 Å². The van der Waals surface area contributed by atoms with Crippen LogP contribution in [0, 0.1) is 13.8 Å². The summed E-state index contributed by atoms with van der Waals surface area (Å²) in [7, 11) is 4.00. The van der Waals surface area contributed by atoms with Crippen LogP contribution in [-0.2, 0) is 13.0 Å². The number of aromatic nitrogens is 2. The second-order valence-corrected chi connectivity index (χ2v) is 7.75. The number of anilines is 1. The first-order chi connectivity index (χ1) is 11.5. The first-order valence-electron chi connectivity index (χ1n) is 8.06. The van der Waals surface area contributed by atoms with E-state index in [1.54, 1.807) is 22.7 Å². The van der Waals surface area contributed by atoms with Gasteiger partial charge >= 0.3 is 0 Å². The largest absolute Gasteiger partial charge is 0.357 e. The van der Waals surface area contributed by atoms with Crippen LogP contribution in [0.3, 0.4) is 0 Å². The number of thiazole rings is 2. The zero-order chi connectivity index (χ0) is 17.5. The Morgan fingerprint density at radius 2 is 2.04 bits per heavy atom. The Labute approximate surface area is 152 Å². The molecule has 2 heterocycles. The minimum absolute atomic E-state index is 0.582. The van der Waals surface area contributed by atoms with Crippen molar-refractivity contribution in [3.05, 3.63) is 26.7 Å². The van der Waals surface area contributed by atoms with Gasteiger partial charge in [-0.2, -0.15) is 0 Å². The van der Waals surface area contributed by atoms with Crippen LogP contribution in [0.2, 0.25) is 0 Å². The number of nitrogens with zero attached hydrogens (tertiary/aromatic N) is 4. The first kappa shape index (κ1) is 18.7. The molecule has 0 spiro atoms. The minimum Gasteiger partial charge on any atom is -0.357 e. The highest BCUT2D eigenvalue weighted by Gasteiger charge is 2.06. The Morgan fingerprint density at radius 3 is 2.62 bits per heavy atom. The van der Waals surface area contributed by atoms with Crippen LogP contribution in [0.4, 0.5) is 5.13 Å². The van der Waals surface area contributed by atoms with Gasteiger partial charge in [-0.1, -0.05) is 0 Å². The van der Waals surface area contributed by atoms with Gasteiger partial charge in [-0.05, 0) is 20.8 Å². The SMILES string of the molecule is CCNC(=NCc1csc(N(C)C)n1)NCCc1sc(C)nc1C. The molecule has 0 radical (unpaired) electrons. The fourth-order valence-electron chi connectivity index (χ4n) is 2.18. The van der Waals surface area contributed by atoms with Gasteiger partial charge in [-0.3, -0.25) is 0 Å². The van der Waals surface area contributed by atoms with Gasteiger partial charge in [0.2, 0.25) is 0 Å². The zero-order valence-electron chi connectivity index (χ0n) is 15.0. The van der Waals surface area contributed by atoms with Crippen molar-refractivity contribution < 1.29 is 0 Å². The van der Waals surface area contributed by atoms with Gasteiger partial charge in [0.05, 0.1) is 22.9 Å². The maximum atomic E-state index is 4.62. The summed E-state index contributed by atoms with van der Waals surface area (Å²) in [6, 6.07) is 0.